The summed E-state index contributed by atoms with van der Waals surface area (Å²) in [4.78, 5) is 0.204. The van der Waals surface area contributed by atoms with Crippen LogP contribution in [0.1, 0.15) is 45.4 Å². The van der Waals surface area contributed by atoms with Crippen LogP contribution in [0.5, 0.6) is 0 Å². The van der Waals surface area contributed by atoms with Crippen LogP contribution in [0, 0.1) is 5.92 Å². The molecule has 0 saturated heterocycles. The molecule has 1 aromatic heterocycles. The first kappa shape index (κ1) is 15.6. The molecule has 1 aromatic rings. The average Bonchev–Trinajstić information content (AvgIpc) is 2.99. The fourth-order valence-corrected chi connectivity index (χ4v) is 5.41. The van der Waals surface area contributed by atoms with Crippen molar-refractivity contribution in [1.82, 2.24) is 4.37 Å². The number of rotatable bonds is 7. The number of anilines is 2. The Morgan fingerprint density at radius 3 is 2.75 bits per heavy atom. The van der Waals surface area contributed by atoms with Crippen LogP contribution in [-0.2, 0) is 9.84 Å². The minimum Gasteiger partial charge on any atom is -0.382 e. The molecule has 0 atom stereocenters. The van der Waals surface area contributed by atoms with E-state index in [1.165, 1.54) is 25.7 Å². The molecule has 114 valence electrons. The Bertz CT molecular complexity index is 534. The second-order valence-electron chi connectivity index (χ2n) is 5.41. The van der Waals surface area contributed by atoms with Crippen molar-refractivity contribution >= 4 is 32.2 Å². The maximum absolute atomic E-state index is 12.2. The van der Waals surface area contributed by atoms with Gasteiger partial charge in [-0.15, -0.1) is 0 Å². The highest BCUT2D eigenvalue weighted by Gasteiger charge is 2.25. The highest BCUT2D eigenvalue weighted by atomic mass is 32.2. The number of nitrogen functional groups attached to an aromatic ring is 1. The van der Waals surface area contributed by atoms with Crippen molar-refractivity contribution in [3.63, 3.8) is 0 Å². The Hall–Kier alpha value is -0.820. The molecule has 5 nitrogen and oxygen atoms in total. The van der Waals surface area contributed by atoms with Gasteiger partial charge in [-0.25, -0.2) is 8.42 Å². The van der Waals surface area contributed by atoms with Crippen molar-refractivity contribution in [2.75, 3.05) is 23.3 Å². The minimum atomic E-state index is -3.32. The van der Waals surface area contributed by atoms with Gasteiger partial charge in [-0.3, -0.25) is 0 Å². The largest absolute Gasteiger partial charge is 0.382 e. The lowest BCUT2D eigenvalue weighted by Crippen LogP contribution is -2.12. The Morgan fingerprint density at radius 1 is 1.40 bits per heavy atom. The fourth-order valence-electron chi connectivity index (χ4n) is 2.77. The third-order valence-electron chi connectivity index (χ3n) is 3.77. The van der Waals surface area contributed by atoms with Crippen molar-refractivity contribution in [2.24, 2.45) is 5.92 Å². The molecular weight excluding hydrogens is 294 g/mol. The summed E-state index contributed by atoms with van der Waals surface area (Å²) in [6, 6.07) is 0. The summed E-state index contributed by atoms with van der Waals surface area (Å²) in [5, 5.41) is 3.83. The van der Waals surface area contributed by atoms with Crippen molar-refractivity contribution < 1.29 is 8.42 Å². The van der Waals surface area contributed by atoms with Gasteiger partial charge in [0.1, 0.15) is 9.90 Å². The van der Waals surface area contributed by atoms with Gasteiger partial charge in [0.15, 0.2) is 15.7 Å². The van der Waals surface area contributed by atoms with Crippen LogP contribution < -0.4 is 11.1 Å². The van der Waals surface area contributed by atoms with Crippen LogP contribution in [0.25, 0.3) is 0 Å². The van der Waals surface area contributed by atoms with Gasteiger partial charge in [0.2, 0.25) is 0 Å². The summed E-state index contributed by atoms with van der Waals surface area (Å²) < 4.78 is 28.4. The van der Waals surface area contributed by atoms with Crippen molar-refractivity contribution in [1.29, 1.82) is 0 Å². The Balaban J connectivity index is 2.01. The molecule has 1 fully saturated rings. The minimum absolute atomic E-state index is 0.118. The zero-order valence-corrected chi connectivity index (χ0v) is 13.5. The molecular formula is C13H23N3O2S2. The highest BCUT2D eigenvalue weighted by molar-refractivity contribution is 7.91. The number of sulfone groups is 1. The van der Waals surface area contributed by atoms with Crippen LogP contribution in [0.2, 0.25) is 0 Å². The lowest BCUT2D eigenvalue weighted by molar-refractivity contribution is 0.518. The molecule has 1 saturated carbocycles. The van der Waals surface area contributed by atoms with Crippen LogP contribution in [0.3, 0.4) is 0 Å². The Morgan fingerprint density at radius 2 is 2.10 bits per heavy atom. The third-order valence-corrected chi connectivity index (χ3v) is 6.70. The van der Waals surface area contributed by atoms with E-state index in [4.69, 9.17) is 5.73 Å². The van der Waals surface area contributed by atoms with Gasteiger partial charge < -0.3 is 11.1 Å². The van der Waals surface area contributed by atoms with Gasteiger partial charge in [-0.1, -0.05) is 32.6 Å². The van der Waals surface area contributed by atoms with Crippen LogP contribution in [0.4, 0.5) is 10.8 Å². The smallest absolute Gasteiger partial charge is 0.185 e. The second-order valence-corrected chi connectivity index (χ2v) is 8.23. The van der Waals surface area contributed by atoms with Crippen LogP contribution in [0.15, 0.2) is 4.90 Å². The van der Waals surface area contributed by atoms with E-state index in [-0.39, 0.29) is 16.5 Å². The van der Waals surface area contributed by atoms with Crippen molar-refractivity contribution in [3.05, 3.63) is 0 Å². The lowest BCUT2D eigenvalue weighted by Gasteiger charge is -2.11. The molecule has 0 radical (unpaired) electrons. The molecule has 3 N–H and O–H groups in total. The molecule has 7 heteroatoms. The van der Waals surface area contributed by atoms with Crippen LogP contribution in [-0.4, -0.2) is 25.1 Å². The number of nitrogens with two attached hydrogens (primary N) is 1. The maximum atomic E-state index is 12.2. The van der Waals surface area contributed by atoms with Gasteiger partial charge >= 0.3 is 0 Å². The number of hydrogen-bond donors (Lipinski definition) is 2. The van der Waals surface area contributed by atoms with E-state index in [9.17, 15) is 8.42 Å². The second kappa shape index (κ2) is 6.76. The van der Waals surface area contributed by atoms with Gasteiger partial charge in [0.05, 0.1) is 5.75 Å². The summed E-state index contributed by atoms with van der Waals surface area (Å²) in [7, 11) is -3.32. The summed E-state index contributed by atoms with van der Waals surface area (Å²) in [6.07, 6.45) is 6.92. The predicted molar refractivity (Wildman–Crippen MR) is 83.9 cm³/mol. The molecule has 1 heterocycles. The monoisotopic (exact) mass is 317 g/mol. The first-order chi connectivity index (χ1) is 9.54. The number of nitrogens with zero attached hydrogens (tertiary/aromatic N) is 1. The van der Waals surface area contributed by atoms with Gasteiger partial charge in [-0.2, -0.15) is 4.37 Å². The molecule has 0 unspecified atom stereocenters. The van der Waals surface area contributed by atoms with Gasteiger partial charge in [0.25, 0.3) is 0 Å². The van der Waals surface area contributed by atoms with E-state index in [1.807, 2.05) is 6.92 Å². The Kier molecular flexibility index (Phi) is 5.26. The topological polar surface area (TPSA) is 85.1 Å². The predicted octanol–water partition coefficient (Wildman–Crippen LogP) is 2.90. The third kappa shape index (κ3) is 3.63. The summed E-state index contributed by atoms with van der Waals surface area (Å²) >= 11 is 1.15. The molecule has 0 amide bonds. The molecule has 1 aliphatic carbocycles. The summed E-state index contributed by atoms with van der Waals surface area (Å²) in [5.74, 6) is 1.03. The van der Waals surface area contributed by atoms with Crippen molar-refractivity contribution in [3.8, 4) is 0 Å². The van der Waals surface area contributed by atoms with Crippen LogP contribution >= 0.6 is 11.5 Å². The molecule has 0 aromatic carbocycles. The van der Waals surface area contributed by atoms with E-state index >= 15 is 0 Å². The molecule has 20 heavy (non-hydrogen) atoms. The molecule has 2 rings (SSSR count). The molecule has 0 aliphatic heterocycles. The standard InChI is InChI=1S/C13H23N3O2S2/c1-2-9-20(17,18)11-12(14)16-19-13(11)15-8-7-10-5-3-4-6-10/h10,15H,2-9H2,1H3,(H2,14,16). The fraction of sp³-hybridized carbons (Fsp3) is 0.769. The first-order valence-corrected chi connectivity index (χ1v) is 9.69. The molecule has 0 bridgehead atoms. The van der Waals surface area contributed by atoms with E-state index in [0.717, 1.165) is 30.4 Å². The van der Waals surface area contributed by atoms with E-state index in [1.54, 1.807) is 0 Å². The maximum Gasteiger partial charge on any atom is 0.185 e. The molecule has 1 aliphatic rings. The zero-order valence-electron chi connectivity index (χ0n) is 11.9. The number of nitrogens with one attached hydrogen (secondary N) is 1. The summed E-state index contributed by atoms with van der Waals surface area (Å²) in [5.41, 5.74) is 5.73. The quantitative estimate of drug-likeness (QED) is 0.807. The lowest BCUT2D eigenvalue weighted by atomic mass is 10.0. The normalized spacial score (nSPS) is 16.6. The van der Waals surface area contributed by atoms with Gasteiger partial charge in [0, 0.05) is 6.54 Å². The SMILES string of the molecule is CCCS(=O)(=O)c1c(N)nsc1NCCC1CCCC1. The van der Waals surface area contributed by atoms with E-state index < -0.39 is 9.84 Å². The van der Waals surface area contributed by atoms with Gasteiger partial charge in [-0.05, 0) is 30.3 Å². The summed E-state index contributed by atoms with van der Waals surface area (Å²) in [6.45, 7) is 2.64. The number of aromatic nitrogens is 1. The van der Waals surface area contributed by atoms with E-state index in [0.29, 0.717) is 11.4 Å². The highest BCUT2D eigenvalue weighted by Crippen LogP contribution is 2.33. The number of hydrogen-bond acceptors (Lipinski definition) is 6. The van der Waals surface area contributed by atoms with Crippen molar-refractivity contribution in [2.45, 2.75) is 50.3 Å². The van der Waals surface area contributed by atoms with E-state index in [2.05, 4.69) is 9.69 Å². The zero-order chi connectivity index (χ0) is 14.6. The Labute approximate surface area is 125 Å². The average molecular weight is 317 g/mol. The first-order valence-electron chi connectivity index (χ1n) is 7.26. The molecule has 0 spiro atoms.